The highest BCUT2D eigenvalue weighted by molar-refractivity contribution is 7.89. The van der Waals surface area contributed by atoms with Crippen molar-refractivity contribution in [3.05, 3.63) is 36.1 Å². The molecule has 0 radical (unpaired) electrons. The van der Waals surface area contributed by atoms with E-state index in [1.165, 1.54) is 47.7 Å². The molecular weight excluding hydrogens is 472 g/mol. The molecule has 10 heteroatoms. The Balaban J connectivity index is 1.66. The first kappa shape index (κ1) is 27.4. The van der Waals surface area contributed by atoms with Crippen LogP contribution in [-0.4, -0.2) is 82.4 Å². The van der Waals surface area contributed by atoms with Crippen molar-refractivity contribution in [2.45, 2.75) is 49.7 Å². The number of nitrogens with zero attached hydrogens (tertiary/aromatic N) is 2. The number of sulfonamides is 1. The van der Waals surface area contributed by atoms with E-state index in [0.29, 0.717) is 23.8 Å². The minimum atomic E-state index is -3.83. The van der Waals surface area contributed by atoms with Gasteiger partial charge in [-0.3, -0.25) is 4.79 Å². The Kier molecular flexibility index (Phi) is 9.97. The molecule has 1 aliphatic heterocycles. The molecule has 0 spiro atoms. The van der Waals surface area contributed by atoms with E-state index in [4.69, 9.17) is 14.2 Å². The zero-order valence-electron chi connectivity index (χ0n) is 20.9. The molecule has 1 aromatic rings. The molecule has 196 valence electrons. The summed E-state index contributed by atoms with van der Waals surface area (Å²) in [6, 6.07) is 6.11. The van der Waals surface area contributed by atoms with Crippen LogP contribution in [0.2, 0.25) is 0 Å². The summed E-state index contributed by atoms with van der Waals surface area (Å²) in [7, 11) is 1.05. The fourth-order valence-electron chi connectivity index (χ4n) is 4.70. The summed E-state index contributed by atoms with van der Waals surface area (Å²) in [6.07, 6.45) is 7.82. The van der Waals surface area contributed by atoms with Gasteiger partial charge in [0.2, 0.25) is 16.3 Å². The number of methoxy groups -OCH3 is 1. The second-order valence-corrected chi connectivity index (χ2v) is 11.2. The van der Waals surface area contributed by atoms with Crippen LogP contribution in [0.4, 0.5) is 0 Å². The average Bonchev–Trinajstić information content (AvgIpc) is 2.88. The Labute approximate surface area is 208 Å². The number of carbonyl (C=O) groups excluding carboxylic acids is 1. The smallest absolute Gasteiger partial charge is 0.288 e. The molecule has 1 N–H and O–H groups in total. The molecule has 2 aliphatic rings. The number of likely N-dealkylation sites (N-methyl/N-ethyl adjacent to an activating group) is 1. The highest BCUT2D eigenvalue weighted by Crippen LogP contribution is 2.37. The highest BCUT2D eigenvalue weighted by atomic mass is 32.2. The number of allylic oxidation sites excluding steroid dienone is 1. The first-order chi connectivity index (χ1) is 16.8. The Hall–Kier alpha value is -2.14. The van der Waals surface area contributed by atoms with Crippen LogP contribution in [0.5, 0.6) is 5.75 Å². The maximum Gasteiger partial charge on any atom is 0.288 e. The van der Waals surface area contributed by atoms with Crippen molar-refractivity contribution >= 4 is 15.9 Å². The molecule has 1 aliphatic carbocycles. The molecule has 1 heterocycles. The van der Waals surface area contributed by atoms with Crippen molar-refractivity contribution in [1.29, 1.82) is 0 Å². The maximum absolute atomic E-state index is 13.1. The summed E-state index contributed by atoms with van der Waals surface area (Å²) in [4.78, 5) is 14.2. The van der Waals surface area contributed by atoms with E-state index < -0.39 is 16.3 Å². The average molecular weight is 511 g/mol. The Morgan fingerprint density at radius 2 is 1.80 bits per heavy atom. The third-order valence-electron chi connectivity index (χ3n) is 6.65. The predicted octanol–water partition coefficient (Wildman–Crippen LogP) is 2.61. The number of hydrogen-bond acceptors (Lipinski definition) is 7. The fourth-order valence-corrected chi connectivity index (χ4v) is 6.11. The zero-order chi connectivity index (χ0) is 25.4. The first-order valence-electron chi connectivity index (χ1n) is 12.2. The van der Waals surface area contributed by atoms with Gasteiger partial charge in [-0.15, -0.1) is 0 Å². The highest BCUT2D eigenvalue weighted by Gasteiger charge is 2.33. The number of benzene rings is 1. The van der Waals surface area contributed by atoms with Gasteiger partial charge in [0.15, 0.2) is 5.76 Å². The zero-order valence-corrected chi connectivity index (χ0v) is 21.7. The quantitative estimate of drug-likeness (QED) is 0.488. The topological polar surface area (TPSA) is 106 Å². The van der Waals surface area contributed by atoms with Crippen LogP contribution in [0.1, 0.15) is 38.5 Å². The summed E-state index contributed by atoms with van der Waals surface area (Å²) in [5.74, 6) is 1.32. The van der Waals surface area contributed by atoms with Crippen LogP contribution in [0, 0.1) is 11.8 Å². The van der Waals surface area contributed by atoms with Crippen molar-refractivity contribution in [1.82, 2.24) is 9.21 Å². The van der Waals surface area contributed by atoms with Gasteiger partial charge in [0, 0.05) is 33.6 Å². The molecule has 1 aromatic carbocycles. The van der Waals surface area contributed by atoms with E-state index >= 15 is 0 Å². The Morgan fingerprint density at radius 1 is 1.11 bits per heavy atom. The van der Waals surface area contributed by atoms with Gasteiger partial charge >= 0.3 is 0 Å². The van der Waals surface area contributed by atoms with Gasteiger partial charge in [0.05, 0.1) is 25.2 Å². The third kappa shape index (κ3) is 7.19. The van der Waals surface area contributed by atoms with Gasteiger partial charge in [-0.1, -0.05) is 19.3 Å². The summed E-state index contributed by atoms with van der Waals surface area (Å²) in [6.45, 7) is -0.258. The van der Waals surface area contributed by atoms with Crippen molar-refractivity contribution in [3.8, 4) is 5.75 Å². The molecule has 35 heavy (non-hydrogen) atoms. The molecule has 0 saturated heterocycles. The number of ether oxygens (including phenoxy) is 3. The largest absolute Gasteiger partial charge is 0.497 e. The molecule has 0 aromatic heterocycles. The number of aliphatic hydroxyl groups excluding tert-OH is 1. The van der Waals surface area contributed by atoms with Crippen molar-refractivity contribution < 1.29 is 32.5 Å². The number of aliphatic hydroxyl groups is 1. The lowest BCUT2D eigenvalue weighted by atomic mass is 9.77. The molecule has 1 fully saturated rings. The normalized spacial score (nSPS) is 21.3. The van der Waals surface area contributed by atoms with E-state index in [2.05, 4.69) is 0 Å². The molecule has 9 nitrogen and oxygen atoms in total. The summed E-state index contributed by atoms with van der Waals surface area (Å²) < 4.78 is 44.4. The second-order valence-electron chi connectivity index (χ2n) is 9.25. The van der Waals surface area contributed by atoms with Crippen molar-refractivity contribution in [2.24, 2.45) is 11.8 Å². The lowest BCUT2D eigenvalue weighted by Gasteiger charge is -2.35. The monoisotopic (exact) mass is 510 g/mol. The van der Waals surface area contributed by atoms with E-state index in [9.17, 15) is 18.3 Å². The van der Waals surface area contributed by atoms with Gasteiger partial charge in [-0.05, 0) is 55.0 Å². The molecule has 1 amide bonds. The minimum absolute atomic E-state index is 0.0452. The molecule has 2 atom stereocenters. The predicted molar refractivity (Wildman–Crippen MR) is 131 cm³/mol. The lowest BCUT2D eigenvalue weighted by Crippen LogP contribution is -2.39. The van der Waals surface area contributed by atoms with Crippen LogP contribution < -0.4 is 4.74 Å². The van der Waals surface area contributed by atoms with Crippen LogP contribution in [0.3, 0.4) is 0 Å². The van der Waals surface area contributed by atoms with Crippen LogP contribution in [0.25, 0.3) is 0 Å². The van der Waals surface area contributed by atoms with Gasteiger partial charge in [-0.25, -0.2) is 8.42 Å². The Bertz CT molecular complexity index is 957. The molecule has 3 rings (SSSR count). The van der Waals surface area contributed by atoms with E-state index in [1.54, 1.807) is 26.2 Å². The van der Waals surface area contributed by atoms with Crippen LogP contribution >= 0.6 is 0 Å². The number of rotatable bonds is 11. The van der Waals surface area contributed by atoms with E-state index in [-0.39, 0.29) is 43.0 Å². The van der Waals surface area contributed by atoms with E-state index in [0.717, 1.165) is 12.8 Å². The van der Waals surface area contributed by atoms with Gasteiger partial charge in [0.1, 0.15) is 5.75 Å². The maximum atomic E-state index is 13.1. The SMILES string of the molecule is COc1ccc(S(=O)(=O)N(CCO)CCO[C@H]2C[C@@H](C3CCCCC3)C=C(C(=O)N(C)C)O2)cc1. The van der Waals surface area contributed by atoms with Crippen LogP contribution in [-0.2, 0) is 24.3 Å². The molecule has 1 saturated carbocycles. The van der Waals surface area contributed by atoms with E-state index in [1.807, 2.05) is 6.08 Å². The van der Waals surface area contributed by atoms with Crippen molar-refractivity contribution in [2.75, 3.05) is 47.5 Å². The minimum Gasteiger partial charge on any atom is -0.497 e. The fraction of sp³-hybridized carbons (Fsp3) is 0.640. The van der Waals surface area contributed by atoms with Gasteiger partial charge < -0.3 is 24.2 Å². The first-order valence-corrected chi connectivity index (χ1v) is 13.7. The third-order valence-corrected chi connectivity index (χ3v) is 8.56. The number of amides is 1. The molecular formula is C25H38N2O7S. The molecule has 0 bridgehead atoms. The van der Waals surface area contributed by atoms with Crippen molar-refractivity contribution in [3.63, 3.8) is 0 Å². The summed E-state index contributed by atoms with van der Waals surface area (Å²) >= 11 is 0. The standard InChI is InChI=1S/C25H38N2O7S/c1-26(2)25(29)23-17-20(19-7-5-4-6-8-19)18-24(34-23)33-16-14-27(13-15-28)35(30,31)22-11-9-21(32-3)10-12-22/h9-12,17,19-20,24,28H,4-8,13-16,18H2,1-3H3/t20-,24+/m0/s1. The Morgan fingerprint density at radius 3 is 2.40 bits per heavy atom. The summed E-state index contributed by atoms with van der Waals surface area (Å²) in [5, 5.41) is 9.46. The summed E-state index contributed by atoms with van der Waals surface area (Å²) in [5.41, 5.74) is 0. The number of hydrogen-bond donors (Lipinski definition) is 1. The molecule has 0 unspecified atom stereocenters. The van der Waals surface area contributed by atoms with Gasteiger partial charge in [0.25, 0.3) is 5.91 Å². The van der Waals surface area contributed by atoms with Crippen LogP contribution in [0.15, 0.2) is 41.0 Å². The lowest BCUT2D eigenvalue weighted by molar-refractivity contribution is -0.155. The van der Waals surface area contributed by atoms with Gasteiger partial charge in [-0.2, -0.15) is 4.31 Å². The number of carbonyl (C=O) groups is 1. The second kappa shape index (κ2) is 12.7.